The molecule has 0 radical (unpaired) electrons. The SMILES string of the molecule is C1=C(c2ccc3ccccc3c2)CC(c2cccc3oc4cc(-c5ccc6ccccc6c5)ccc4c23)=NC(c2cccc3sc4ccccc4c23)=C1. The number of fused-ring (bicyclic) bond motifs is 8. The standard InChI is InChI=1S/C50H31NOS/c1-3-11-33-27-35(21-19-31(33)9-1)37-24-26-43(39-15-8-18-48-50(39)42-13-5-6-17-47(42)53-48)51-44(29-37)40-14-7-16-45-49(40)41-25-23-38(30-46(41)52-45)36-22-20-32-10-2-4-12-34(32)28-36/h1-28,30H,29H2. The van der Waals surface area contributed by atoms with Gasteiger partial charge in [-0.2, -0.15) is 0 Å². The lowest BCUT2D eigenvalue weighted by Gasteiger charge is -2.12. The Balaban J connectivity index is 1.10. The van der Waals surface area contributed by atoms with E-state index in [-0.39, 0.29) is 0 Å². The van der Waals surface area contributed by atoms with Crippen LogP contribution in [0.4, 0.5) is 0 Å². The Hall–Kier alpha value is -6.55. The fourth-order valence-electron chi connectivity index (χ4n) is 8.14. The lowest BCUT2D eigenvalue weighted by atomic mass is 9.93. The molecule has 11 rings (SSSR count). The molecule has 1 aliphatic rings. The van der Waals surface area contributed by atoms with Crippen LogP contribution in [-0.2, 0) is 0 Å². The highest BCUT2D eigenvalue weighted by Gasteiger charge is 2.21. The number of hydrogen-bond donors (Lipinski definition) is 0. The summed E-state index contributed by atoms with van der Waals surface area (Å²) in [6.07, 6.45) is 5.19. The van der Waals surface area contributed by atoms with E-state index in [4.69, 9.17) is 9.41 Å². The Morgan fingerprint density at radius 2 is 1.11 bits per heavy atom. The molecule has 0 aliphatic carbocycles. The van der Waals surface area contributed by atoms with Crippen LogP contribution in [0.5, 0.6) is 0 Å². The molecule has 0 atom stereocenters. The second-order valence-electron chi connectivity index (χ2n) is 13.9. The maximum absolute atomic E-state index is 6.65. The molecule has 248 valence electrons. The van der Waals surface area contributed by atoms with Crippen molar-refractivity contribution in [2.45, 2.75) is 6.42 Å². The topological polar surface area (TPSA) is 25.5 Å². The number of allylic oxidation sites excluding steroid dienone is 3. The van der Waals surface area contributed by atoms with Crippen molar-refractivity contribution in [2.24, 2.45) is 4.99 Å². The van der Waals surface area contributed by atoms with E-state index in [1.54, 1.807) is 0 Å². The van der Waals surface area contributed by atoms with Gasteiger partial charge in [0.1, 0.15) is 11.2 Å². The van der Waals surface area contributed by atoms with Crippen LogP contribution in [0.2, 0.25) is 0 Å². The summed E-state index contributed by atoms with van der Waals surface area (Å²) in [4.78, 5) is 5.61. The first-order chi connectivity index (χ1) is 26.2. The minimum Gasteiger partial charge on any atom is -0.456 e. The molecule has 1 aliphatic heterocycles. The third kappa shape index (κ3) is 5.04. The summed E-state index contributed by atoms with van der Waals surface area (Å²) in [5, 5.41) is 9.68. The van der Waals surface area contributed by atoms with Crippen LogP contribution < -0.4 is 0 Å². The van der Waals surface area contributed by atoms with E-state index in [9.17, 15) is 0 Å². The van der Waals surface area contributed by atoms with Gasteiger partial charge in [0.25, 0.3) is 0 Å². The molecule has 53 heavy (non-hydrogen) atoms. The van der Waals surface area contributed by atoms with Crippen LogP contribution in [0, 0.1) is 0 Å². The number of thiophene rings is 1. The first kappa shape index (κ1) is 30.1. The molecule has 3 heterocycles. The molecular weight excluding hydrogens is 663 g/mol. The molecule has 10 aromatic rings. The van der Waals surface area contributed by atoms with Crippen molar-refractivity contribution in [2.75, 3.05) is 0 Å². The fourth-order valence-corrected chi connectivity index (χ4v) is 9.27. The lowest BCUT2D eigenvalue weighted by molar-refractivity contribution is 0.669. The number of nitrogens with zero attached hydrogens (tertiary/aromatic N) is 1. The zero-order valence-corrected chi connectivity index (χ0v) is 29.5. The monoisotopic (exact) mass is 693 g/mol. The van der Waals surface area contributed by atoms with Gasteiger partial charge in [0.05, 0.1) is 11.4 Å². The number of furan rings is 1. The Kier molecular flexibility index (Phi) is 6.83. The Labute approximate surface area is 310 Å². The first-order valence-corrected chi connectivity index (χ1v) is 18.9. The molecule has 0 amide bonds. The minimum absolute atomic E-state index is 0.680. The molecular formula is C50H31NOS. The highest BCUT2D eigenvalue weighted by molar-refractivity contribution is 7.25. The van der Waals surface area contributed by atoms with Crippen molar-refractivity contribution >= 4 is 92.0 Å². The predicted octanol–water partition coefficient (Wildman–Crippen LogP) is 14.2. The van der Waals surface area contributed by atoms with Gasteiger partial charge in [0.2, 0.25) is 0 Å². The second kappa shape index (κ2) is 12.0. The van der Waals surface area contributed by atoms with E-state index in [0.29, 0.717) is 6.42 Å². The smallest absolute Gasteiger partial charge is 0.136 e. The van der Waals surface area contributed by atoms with Gasteiger partial charge in [-0.05, 0) is 92.3 Å². The second-order valence-corrected chi connectivity index (χ2v) is 15.0. The van der Waals surface area contributed by atoms with Crippen molar-refractivity contribution in [3.8, 4) is 11.1 Å². The molecule has 0 fully saturated rings. The number of aliphatic imine (C=N–C) groups is 1. The highest BCUT2D eigenvalue weighted by Crippen LogP contribution is 2.41. The molecule has 8 aromatic carbocycles. The fraction of sp³-hybridized carbons (Fsp3) is 0.0200. The van der Waals surface area contributed by atoms with Crippen LogP contribution in [0.25, 0.3) is 86.1 Å². The van der Waals surface area contributed by atoms with Gasteiger partial charge >= 0.3 is 0 Å². The van der Waals surface area contributed by atoms with Gasteiger partial charge in [-0.15, -0.1) is 11.3 Å². The third-order valence-electron chi connectivity index (χ3n) is 10.7. The maximum Gasteiger partial charge on any atom is 0.136 e. The van der Waals surface area contributed by atoms with Crippen LogP contribution in [-0.4, -0.2) is 5.71 Å². The van der Waals surface area contributed by atoms with E-state index < -0.39 is 0 Å². The van der Waals surface area contributed by atoms with Gasteiger partial charge in [-0.1, -0.05) is 127 Å². The van der Waals surface area contributed by atoms with Crippen LogP contribution >= 0.6 is 11.3 Å². The van der Waals surface area contributed by atoms with Crippen LogP contribution in [0.3, 0.4) is 0 Å². The van der Waals surface area contributed by atoms with Gasteiger partial charge in [-0.3, -0.25) is 4.99 Å². The van der Waals surface area contributed by atoms with Gasteiger partial charge in [0, 0.05) is 48.5 Å². The summed E-state index contributed by atoms with van der Waals surface area (Å²) in [7, 11) is 0. The third-order valence-corrected chi connectivity index (χ3v) is 11.9. The number of benzene rings is 8. The first-order valence-electron chi connectivity index (χ1n) is 18.1. The zero-order chi connectivity index (χ0) is 34.9. The average Bonchev–Trinajstić information content (AvgIpc) is 3.70. The predicted molar refractivity (Wildman–Crippen MR) is 227 cm³/mol. The quantitative estimate of drug-likeness (QED) is 0.180. The summed E-state index contributed by atoms with van der Waals surface area (Å²) < 4.78 is 9.21. The molecule has 0 bridgehead atoms. The van der Waals surface area contributed by atoms with Crippen LogP contribution in [0.15, 0.2) is 185 Å². The zero-order valence-electron chi connectivity index (χ0n) is 28.7. The van der Waals surface area contributed by atoms with Crippen molar-refractivity contribution in [3.63, 3.8) is 0 Å². The summed E-state index contributed by atoms with van der Waals surface area (Å²) in [5.74, 6) is 0. The molecule has 2 aromatic heterocycles. The molecule has 0 unspecified atom stereocenters. The Morgan fingerprint density at radius 1 is 0.453 bits per heavy atom. The van der Waals surface area contributed by atoms with Gasteiger partial charge in [-0.25, -0.2) is 0 Å². The summed E-state index contributed by atoms with van der Waals surface area (Å²) >= 11 is 1.84. The number of hydrogen-bond acceptors (Lipinski definition) is 3. The number of rotatable bonds is 4. The summed E-state index contributed by atoms with van der Waals surface area (Å²) in [6.45, 7) is 0. The minimum atomic E-state index is 0.680. The normalized spacial score (nSPS) is 13.5. The molecule has 3 heteroatoms. The van der Waals surface area contributed by atoms with E-state index in [1.165, 1.54) is 58.4 Å². The van der Waals surface area contributed by atoms with E-state index in [1.807, 2.05) is 11.3 Å². The van der Waals surface area contributed by atoms with Gasteiger partial charge in [0.15, 0.2) is 0 Å². The largest absolute Gasteiger partial charge is 0.456 e. The Morgan fingerprint density at radius 3 is 1.96 bits per heavy atom. The van der Waals surface area contributed by atoms with Crippen molar-refractivity contribution < 1.29 is 4.42 Å². The maximum atomic E-state index is 6.65. The Bertz CT molecular complexity index is 3210. The molecule has 2 nitrogen and oxygen atoms in total. The van der Waals surface area contributed by atoms with Gasteiger partial charge < -0.3 is 4.42 Å². The van der Waals surface area contributed by atoms with Crippen molar-refractivity contribution in [1.29, 1.82) is 0 Å². The molecule has 0 spiro atoms. The van der Waals surface area contributed by atoms with E-state index in [0.717, 1.165) is 50.0 Å². The van der Waals surface area contributed by atoms with Crippen molar-refractivity contribution in [1.82, 2.24) is 0 Å². The molecule has 0 N–H and O–H groups in total. The summed E-state index contributed by atoms with van der Waals surface area (Å²) in [5.41, 5.74) is 10.7. The highest BCUT2D eigenvalue weighted by atomic mass is 32.1. The van der Waals surface area contributed by atoms with E-state index in [2.05, 4.69) is 176 Å². The van der Waals surface area contributed by atoms with Crippen LogP contribution in [0.1, 0.15) is 23.1 Å². The summed E-state index contributed by atoms with van der Waals surface area (Å²) in [6, 6.07) is 58.9. The lowest BCUT2D eigenvalue weighted by Crippen LogP contribution is -2.03. The van der Waals surface area contributed by atoms with E-state index >= 15 is 0 Å². The average molecular weight is 694 g/mol. The van der Waals surface area contributed by atoms with Crippen molar-refractivity contribution in [3.05, 3.63) is 193 Å². The molecule has 0 saturated carbocycles. The molecule has 0 saturated heterocycles.